The molecule has 0 fully saturated rings. The lowest BCUT2D eigenvalue weighted by molar-refractivity contribution is -0.139. The van der Waals surface area contributed by atoms with Crippen LogP contribution < -0.4 is 5.32 Å². The van der Waals surface area contributed by atoms with Gasteiger partial charge in [-0.1, -0.05) is 42.5 Å². The Morgan fingerprint density at radius 3 is 2.32 bits per heavy atom. The van der Waals surface area contributed by atoms with Gasteiger partial charge in [0.1, 0.15) is 0 Å². The van der Waals surface area contributed by atoms with Gasteiger partial charge in [-0.15, -0.1) is 11.8 Å². The van der Waals surface area contributed by atoms with Crippen LogP contribution in [0.15, 0.2) is 59.5 Å². The minimum Gasteiger partial charge on any atom is -0.457 e. The highest BCUT2D eigenvalue weighted by Crippen LogP contribution is 2.16. The van der Waals surface area contributed by atoms with Crippen LogP contribution in [-0.2, 0) is 20.9 Å². The summed E-state index contributed by atoms with van der Waals surface area (Å²) in [4.78, 5) is 35.6. The van der Waals surface area contributed by atoms with E-state index in [1.807, 2.05) is 30.3 Å². The van der Waals surface area contributed by atoms with Crippen molar-refractivity contribution in [1.82, 2.24) is 5.32 Å². The Balaban J connectivity index is 1.75. The monoisotopic (exact) mass is 357 g/mol. The van der Waals surface area contributed by atoms with Crippen molar-refractivity contribution >= 4 is 29.4 Å². The fourth-order valence-corrected chi connectivity index (χ4v) is 2.68. The molecule has 25 heavy (non-hydrogen) atoms. The lowest BCUT2D eigenvalue weighted by Gasteiger charge is -2.06. The van der Waals surface area contributed by atoms with Crippen molar-refractivity contribution in [2.45, 2.75) is 18.4 Å². The number of ether oxygens (including phenoxy) is 1. The van der Waals surface area contributed by atoms with Crippen molar-refractivity contribution in [3.8, 4) is 0 Å². The third kappa shape index (κ3) is 6.81. The van der Waals surface area contributed by atoms with Crippen LogP contribution in [0.1, 0.15) is 22.8 Å². The van der Waals surface area contributed by atoms with Crippen molar-refractivity contribution in [3.63, 3.8) is 0 Å². The molecule has 0 aliphatic rings. The largest absolute Gasteiger partial charge is 0.457 e. The zero-order valence-electron chi connectivity index (χ0n) is 13.9. The lowest BCUT2D eigenvalue weighted by atomic mass is 10.1. The Labute approximate surface area is 150 Å². The maximum atomic E-state index is 12.0. The third-order valence-electron chi connectivity index (χ3n) is 3.28. The summed E-state index contributed by atoms with van der Waals surface area (Å²) in [5.74, 6) is -0.637. The van der Waals surface area contributed by atoms with Crippen LogP contribution in [0.3, 0.4) is 0 Å². The molecule has 2 rings (SSSR count). The normalized spacial score (nSPS) is 10.1. The molecule has 0 spiro atoms. The van der Waals surface area contributed by atoms with Gasteiger partial charge in [-0.2, -0.15) is 0 Å². The molecule has 0 aromatic heterocycles. The van der Waals surface area contributed by atoms with E-state index in [9.17, 15) is 14.4 Å². The fraction of sp³-hybridized carbons (Fsp3) is 0.211. The molecule has 1 N–H and O–H groups in total. The van der Waals surface area contributed by atoms with Crippen LogP contribution in [-0.4, -0.2) is 30.0 Å². The molecule has 0 aliphatic carbocycles. The number of carbonyl (C=O) groups excluding carboxylic acids is 3. The zero-order chi connectivity index (χ0) is 18.1. The standard InChI is InChI=1S/C19H19NO4S/c1-14(21)20-11-15-7-9-16(10-8-15)18(22)12-24-19(23)13-25-17-5-3-2-4-6-17/h2-10H,11-13H2,1H3,(H,20,21). The number of amides is 1. The van der Waals surface area contributed by atoms with E-state index in [4.69, 9.17) is 4.74 Å². The van der Waals surface area contributed by atoms with Gasteiger partial charge in [0.2, 0.25) is 5.91 Å². The number of hydrogen-bond donors (Lipinski definition) is 1. The maximum Gasteiger partial charge on any atom is 0.316 e. The predicted octanol–water partition coefficient (Wildman–Crippen LogP) is 2.84. The van der Waals surface area contributed by atoms with Gasteiger partial charge in [0, 0.05) is 23.9 Å². The van der Waals surface area contributed by atoms with Crippen LogP contribution >= 0.6 is 11.8 Å². The highest BCUT2D eigenvalue weighted by molar-refractivity contribution is 8.00. The van der Waals surface area contributed by atoms with Crippen LogP contribution in [0, 0.1) is 0 Å². The lowest BCUT2D eigenvalue weighted by Crippen LogP contribution is -2.19. The van der Waals surface area contributed by atoms with Gasteiger partial charge < -0.3 is 10.1 Å². The third-order valence-corrected chi connectivity index (χ3v) is 4.27. The van der Waals surface area contributed by atoms with Gasteiger partial charge in [0.15, 0.2) is 12.4 Å². The minimum atomic E-state index is -0.426. The second-order valence-corrected chi connectivity index (χ2v) is 6.34. The summed E-state index contributed by atoms with van der Waals surface area (Å²) in [5, 5.41) is 2.68. The molecule has 2 aromatic carbocycles. The van der Waals surface area contributed by atoms with Crippen molar-refractivity contribution in [2.24, 2.45) is 0 Å². The number of benzene rings is 2. The van der Waals surface area contributed by atoms with E-state index in [-0.39, 0.29) is 24.1 Å². The van der Waals surface area contributed by atoms with E-state index in [0.717, 1.165) is 10.5 Å². The van der Waals surface area contributed by atoms with Crippen LogP contribution in [0.4, 0.5) is 0 Å². The molecule has 0 unspecified atom stereocenters. The van der Waals surface area contributed by atoms with E-state index in [0.29, 0.717) is 12.1 Å². The van der Waals surface area contributed by atoms with Crippen LogP contribution in [0.5, 0.6) is 0 Å². The first kappa shape index (κ1) is 18.7. The summed E-state index contributed by atoms with van der Waals surface area (Å²) in [6.45, 7) is 1.58. The number of carbonyl (C=O) groups is 3. The van der Waals surface area contributed by atoms with Crippen molar-refractivity contribution in [2.75, 3.05) is 12.4 Å². The number of esters is 1. The fourth-order valence-electron chi connectivity index (χ4n) is 1.97. The predicted molar refractivity (Wildman–Crippen MR) is 96.4 cm³/mol. The molecule has 0 saturated heterocycles. The summed E-state index contributed by atoms with van der Waals surface area (Å²) in [5.41, 5.74) is 1.36. The van der Waals surface area contributed by atoms with Crippen molar-refractivity contribution in [1.29, 1.82) is 0 Å². The molecule has 5 nitrogen and oxygen atoms in total. The molecule has 0 heterocycles. The van der Waals surface area contributed by atoms with Gasteiger partial charge in [0.25, 0.3) is 0 Å². The van der Waals surface area contributed by atoms with E-state index in [1.54, 1.807) is 24.3 Å². The van der Waals surface area contributed by atoms with Gasteiger partial charge in [0.05, 0.1) is 5.75 Å². The second-order valence-electron chi connectivity index (χ2n) is 5.29. The van der Waals surface area contributed by atoms with Gasteiger partial charge >= 0.3 is 5.97 Å². The molecule has 0 radical (unpaired) electrons. The summed E-state index contributed by atoms with van der Waals surface area (Å²) in [6, 6.07) is 16.4. The highest BCUT2D eigenvalue weighted by atomic mass is 32.2. The molecule has 2 aromatic rings. The number of thioether (sulfide) groups is 1. The number of ketones is 1. The highest BCUT2D eigenvalue weighted by Gasteiger charge is 2.10. The molecule has 0 atom stereocenters. The molecule has 0 bridgehead atoms. The summed E-state index contributed by atoms with van der Waals surface area (Å²) < 4.78 is 5.02. The summed E-state index contributed by atoms with van der Waals surface area (Å²) in [7, 11) is 0. The van der Waals surface area contributed by atoms with Gasteiger partial charge in [-0.25, -0.2) is 0 Å². The topological polar surface area (TPSA) is 72.5 Å². The van der Waals surface area contributed by atoms with Crippen LogP contribution in [0.25, 0.3) is 0 Å². The number of hydrogen-bond acceptors (Lipinski definition) is 5. The van der Waals surface area contributed by atoms with E-state index >= 15 is 0 Å². The molecule has 0 aliphatic heterocycles. The smallest absolute Gasteiger partial charge is 0.316 e. The first-order chi connectivity index (χ1) is 12.0. The quantitative estimate of drug-likeness (QED) is 0.447. The van der Waals surface area contributed by atoms with Crippen LogP contribution in [0.2, 0.25) is 0 Å². The van der Waals surface area contributed by atoms with Gasteiger partial charge in [-0.3, -0.25) is 14.4 Å². The second kappa shape index (κ2) is 9.64. The van der Waals surface area contributed by atoms with E-state index in [2.05, 4.69) is 5.32 Å². The number of rotatable bonds is 8. The Kier molecular flexibility index (Phi) is 7.22. The number of nitrogens with one attached hydrogen (secondary N) is 1. The van der Waals surface area contributed by atoms with Gasteiger partial charge in [-0.05, 0) is 17.7 Å². The Bertz CT molecular complexity index is 729. The minimum absolute atomic E-state index is 0.111. The SMILES string of the molecule is CC(=O)NCc1ccc(C(=O)COC(=O)CSc2ccccc2)cc1. The number of Topliss-reactive ketones (excluding diaryl/α,β-unsaturated/α-hetero) is 1. The Morgan fingerprint density at radius 2 is 1.68 bits per heavy atom. The average Bonchev–Trinajstić information content (AvgIpc) is 2.64. The molecule has 1 amide bonds. The maximum absolute atomic E-state index is 12.0. The first-order valence-corrected chi connectivity index (χ1v) is 8.73. The first-order valence-electron chi connectivity index (χ1n) is 7.74. The Hall–Kier alpha value is -2.60. The average molecular weight is 357 g/mol. The summed E-state index contributed by atoms with van der Waals surface area (Å²) >= 11 is 1.37. The molecule has 0 saturated carbocycles. The van der Waals surface area contributed by atoms with Crippen molar-refractivity contribution < 1.29 is 19.1 Å². The molecule has 6 heteroatoms. The summed E-state index contributed by atoms with van der Waals surface area (Å²) in [6.07, 6.45) is 0. The molecule has 130 valence electrons. The Morgan fingerprint density at radius 1 is 1.00 bits per heavy atom. The van der Waals surface area contributed by atoms with Crippen molar-refractivity contribution in [3.05, 3.63) is 65.7 Å². The van der Waals surface area contributed by atoms with E-state index < -0.39 is 5.97 Å². The molecular weight excluding hydrogens is 338 g/mol. The zero-order valence-corrected chi connectivity index (χ0v) is 14.7. The van der Waals surface area contributed by atoms with E-state index in [1.165, 1.54) is 18.7 Å². The molecular formula is C19H19NO4S.